The fourth-order valence-electron chi connectivity index (χ4n) is 2.98. The average molecular weight is 356 g/mol. The van der Waals surface area contributed by atoms with Crippen LogP contribution in [0.2, 0.25) is 0 Å². The van der Waals surface area contributed by atoms with Crippen molar-refractivity contribution in [2.45, 2.75) is 37.0 Å². The molecule has 0 unspecified atom stereocenters. The van der Waals surface area contributed by atoms with Crippen LogP contribution in [-0.2, 0) is 23.7 Å². The number of carbonyl (C=O) groups excluding carboxylic acids is 1. The van der Waals surface area contributed by atoms with E-state index in [9.17, 15) is 25.2 Å². The van der Waals surface area contributed by atoms with Crippen LogP contribution < -0.4 is 0 Å². The number of hydrogen-bond donors (Lipinski definition) is 4. The Morgan fingerprint density at radius 2 is 2.00 bits per heavy atom. The SMILES string of the molecule is C=C[C@H]1C2=CCOC(=O)C2=CO[C@@H]1O[C@@H]1O[C@H](CO)[C@@H](O)[C@H](O)[C@H]1O. The molecule has 0 amide bonds. The second kappa shape index (κ2) is 7.24. The van der Waals surface area contributed by atoms with Gasteiger partial charge in [0.1, 0.15) is 37.3 Å². The number of cyclic esters (lactones) is 1. The summed E-state index contributed by atoms with van der Waals surface area (Å²) >= 11 is 0. The molecule has 9 heteroatoms. The lowest BCUT2D eigenvalue weighted by atomic mass is 9.89. The summed E-state index contributed by atoms with van der Waals surface area (Å²) in [6.07, 6.45) is -3.61. The number of ether oxygens (including phenoxy) is 4. The number of fused-ring (bicyclic) bond motifs is 1. The summed E-state index contributed by atoms with van der Waals surface area (Å²) in [5.74, 6) is -1.06. The topological polar surface area (TPSA) is 135 Å². The second-order valence-corrected chi connectivity index (χ2v) is 5.89. The van der Waals surface area contributed by atoms with Crippen LogP contribution in [0.3, 0.4) is 0 Å². The van der Waals surface area contributed by atoms with Gasteiger partial charge >= 0.3 is 5.97 Å². The Balaban J connectivity index is 1.78. The van der Waals surface area contributed by atoms with Gasteiger partial charge in [-0.3, -0.25) is 0 Å². The van der Waals surface area contributed by atoms with Crippen molar-refractivity contribution in [1.29, 1.82) is 0 Å². The van der Waals surface area contributed by atoms with Crippen LogP contribution >= 0.6 is 0 Å². The first-order valence-electron chi connectivity index (χ1n) is 7.79. The summed E-state index contributed by atoms with van der Waals surface area (Å²) in [6, 6.07) is 0. The minimum atomic E-state index is -1.56. The fraction of sp³-hybridized carbons (Fsp3) is 0.562. The number of rotatable bonds is 4. The van der Waals surface area contributed by atoms with E-state index in [4.69, 9.17) is 18.9 Å². The quantitative estimate of drug-likeness (QED) is 0.344. The summed E-state index contributed by atoms with van der Waals surface area (Å²) in [5, 5.41) is 38.9. The Hall–Kier alpha value is -1.75. The van der Waals surface area contributed by atoms with Gasteiger partial charge in [0.2, 0.25) is 6.29 Å². The number of esters is 1. The Labute approximate surface area is 143 Å². The van der Waals surface area contributed by atoms with Gasteiger partial charge in [0, 0.05) is 0 Å². The van der Waals surface area contributed by atoms with Gasteiger partial charge < -0.3 is 39.4 Å². The van der Waals surface area contributed by atoms with Crippen molar-refractivity contribution in [3.63, 3.8) is 0 Å². The molecule has 1 fully saturated rings. The molecule has 4 N–H and O–H groups in total. The third kappa shape index (κ3) is 3.22. The van der Waals surface area contributed by atoms with Gasteiger partial charge in [-0.25, -0.2) is 4.79 Å². The third-order valence-corrected chi connectivity index (χ3v) is 4.39. The molecule has 0 saturated carbocycles. The second-order valence-electron chi connectivity index (χ2n) is 5.89. The number of aliphatic hydroxyl groups is 4. The highest BCUT2D eigenvalue weighted by Gasteiger charge is 2.46. The molecule has 0 radical (unpaired) electrons. The molecule has 0 aromatic carbocycles. The largest absolute Gasteiger partial charge is 0.471 e. The molecule has 3 heterocycles. The van der Waals surface area contributed by atoms with Crippen LogP contribution in [-0.4, -0.2) is 76.6 Å². The highest BCUT2D eigenvalue weighted by molar-refractivity contribution is 5.94. The van der Waals surface area contributed by atoms with E-state index in [1.807, 2.05) is 0 Å². The molecule has 1 saturated heterocycles. The summed E-state index contributed by atoms with van der Waals surface area (Å²) in [4.78, 5) is 11.8. The van der Waals surface area contributed by atoms with E-state index in [2.05, 4.69) is 6.58 Å². The maximum atomic E-state index is 11.8. The smallest absolute Gasteiger partial charge is 0.341 e. The van der Waals surface area contributed by atoms with Gasteiger partial charge in [0.05, 0.1) is 18.1 Å². The zero-order chi connectivity index (χ0) is 18.1. The van der Waals surface area contributed by atoms with Gasteiger partial charge in [-0.2, -0.15) is 0 Å². The maximum absolute atomic E-state index is 11.8. The van der Waals surface area contributed by atoms with Crippen molar-refractivity contribution in [3.05, 3.63) is 36.1 Å². The lowest BCUT2D eigenvalue weighted by Crippen LogP contribution is -2.60. The van der Waals surface area contributed by atoms with E-state index >= 15 is 0 Å². The molecule has 3 aliphatic rings. The molecule has 3 aliphatic heterocycles. The lowest BCUT2D eigenvalue weighted by Gasteiger charge is -2.42. The van der Waals surface area contributed by atoms with Crippen LogP contribution in [0.5, 0.6) is 0 Å². The lowest BCUT2D eigenvalue weighted by molar-refractivity contribution is -0.336. The van der Waals surface area contributed by atoms with E-state index in [1.165, 1.54) is 12.3 Å². The zero-order valence-electron chi connectivity index (χ0n) is 13.2. The molecule has 0 aromatic rings. The van der Waals surface area contributed by atoms with Crippen LogP contribution in [0.25, 0.3) is 0 Å². The molecular formula is C16H20O9. The van der Waals surface area contributed by atoms with Gasteiger partial charge in [-0.1, -0.05) is 6.08 Å². The molecule has 25 heavy (non-hydrogen) atoms. The molecule has 0 bridgehead atoms. The Morgan fingerprint density at radius 1 is 1.24 bits per heavy atom. The van der Waals surface area contributed by atoms with E-state index in [0.717, 1.165) is 0 Å². The Morgan fingerprint density at radius 3 is 2.68 bits per heavy atom. The van der Waals surface area contributed by atoms with Crippen molar-refractivity contribution in [2.75, 3.05) is 13.2 Å². The number of carbonyl (C=O) groups is 1. The van der Waals surface area contributed by atoms with Crippen molar-refractivity contribution >= 4 is 5.97 Å². The van der Waals surface area contributed by atoms with Gasteiger partial charge in [-0.15, -0.1) is 6.58 Å². The first kappa shape index (κ1) is 18.1. The van der Waals surface area contributed by atoms with Crippen molar-refractivity contribution in [2.24, 2.45) is 5.92 Å². The van der Waals surface area contributed by atoms with Crippen LogP contribution in [0, 0.1) is 5.92 Å². The number of aliphatic hydroxyl groups excluding tert-OH is 4. The van der Waals surface area contributed by atoms with E-state index in [-0.39, 0.29) is 12.2 Å². The molecule has 3 rings (SSSR count). The predicted molar refractivity (Wildman–Crippen MR) is 80.5 cm³/mol. The summed E-state index contributed by atoms with van der Waals surface area (Å²) in [5.41, 5.74) is 0.872. The van der Waals surface area contributed by atoms with E-state index in [0.29, 0.717) is 5.57 Å². The molecule has 0 aromatic heterocycles. The first-order chi connectivity index (χ1) is 12.0. The Bertz CT molecular complexity index is 596. The van der Waals surface area contributed by atoms with Gasteiger partial charge in [0.25, 0.3) is 0 Å². The molecular weight excluding hydrogens is 336 g/mol. The highest BCUT2D eigenvalue weighted by Crippen LogP contribution is 2.35. The minimum Gasteiger partial charge on any atom is -0.471 e. The molecule has 0 spiro atoms. The van der Waals surface area contributed by atoms with Crippen molar-refractivity contribution in [1.82, 2.24) is 0 Å². The molecule has 0 aliphatic carbocycles. The highest BCUT2D eigenvalue weighted by atomic mass is 16.8. The van der Waals surface area contributed by atoms with Crippen LogP contribution in [0.1, 0.15) is 0 Å². The third-order valence-electron chi connectivity index (χ3n) is 4.39. The maximum Gasteiger partial charge on any atom is 0.341 e. The zero-order valence-corrected chi connectivity index (χ0v) is 13.2. The standard InChI is InChI=1S/C16H20O9/c1-2-7-8-3-4-22-14(21)9(8)6-23-15(7)25-16-13(20)12(19)11(18)10(5-17)24-16/h2-3,6-7,10-13,15-20H,1,4-5H2/t7-,10+,11+,12-,13+,15+,16-/m0/s1. The number of hydrogen-bond acceptors (Lipinski definition) is 9. The van der Waals surface area contributed by atoms with Crippen LogP contribution in [0.15, 0.2) is 36.1 Å². The first-order valence-corrected chi connectivity index (χ1v) is 7.79. The van der Waals surface area contributed by atoms with E-state index < -0.39 is 55.5 Å². The summed E-state index contributed by atoms with van der Waals surface area (Å²) in [7, 11) is 0. The normalized spacial score (nSPS) is 41.0. The monoisotopic (exact) mass is 356 g/mol. The van der Waals surface area contributed by atoms with Crippen molar-refractivity contribution < 1.29 is 44.2 Å². The van der Waals surface area contributed by atoms with Crippen molar-refractivity contribution in [3.8, 4) is 0 Å². The summed E-state index contributed by atoms with van der Waals surface area (Å²) in [6.45, 7) is 3.25. The van der Waals surface area contributed by atoms with Crippen LogP contribution in [0.4, 0.5) is 0 Å². The predicted octanol–water partition coefficient (Wildman–Crippen LogP) is -1.67. The fourth-order valence-corrected chi connectivity index (χ4v) is 2.98. The van der Waals surface area contributed by atoms with Gasteiger partial charge in [0.15, 0.2) is 6.29 Å². The minimum absolute atomic E-state index is 0.114. The molecule has 138 valence electrons. The summed E-state index contributed by atoms with van der Waals surface area (Å²) < 4.78 is 21.2. The Kier molecular flexibility index (Phi) is 5.23. The van der Waals surface area contributed by atoms with Gasteiger partial charge in [-0.05, 0) is 11.6 Å². The average Bonchev–Trinajstić information content (AvgIpc) is 2.62. The van der Waals surface area contributed by atoms with E-state index in [1.54, 1.807) is 6.08 Å². The molecule has 7 atom stereocenters. The molecule has 9 nitrogen and oxygen atoms in total.